The Bertz CT molecular complexity index is 639. The van der Waals surface area contributed by atoms with Crippen LogP contribution in [-0.2, 0) is 6.54 Å². The van der Waals surface area contributed by atoms with Gasteiger partial charge in [-0.25, -0.2) is 4.99 Å². The molecule has 1 aliphatic rings. The van der Waals surface area contributed by atoms with E-state index in [0.717, 1.165) is 56.1 Å². The van der Waals surface area contributed by atoms with Crippen molar-refractivity contribution in [3.05, 3.63) is 35.4 Å². The number of likely N-dealkylation sites (tertiary alicyclic amines) is 1. The molecule has 0 unspecified atom stereocenters. The number of carbonyl (C=O) groups excluding carboxylic acids is 1. The number of hydrogen-bond acceptors (Lipinski definition) is 3. The monoisotopic (exact) mass is 390 g/mol. The van der Waals surface area contributed by atoms with Crippen molar-refractivity contribution in [2.75, 3.05) is 32.4 Å². The van der Waals surface area contributed by atoms with Crippen LogP contribution in [0.15, 0.2) is 29.3 Å². The number of hydrogen-bond donors (Lipinski definition) is 2. The molecular weight excluding hydrogens is 356 g/mol. The topological polar surface area (TPSA) is 56.7 Å². The molecular formula is C21H34N4OS. The third kappa shape index (κ3) is 7.09. The van der Waals surface area contributed by atoms with Crippen molar-refractivity contribution >= 4 is 23.6 Å². The van der Waals surface area contributed by atoms with Gasteiger partial charge in [-0.05, 0) is 64.0 Å². The van der Waals surface area contributed by atoms with Crippen LogP contribution in [0.2, 0.25) is 0 Å². The number of benzene rings is 1. The number of rotatable bonds is 7. The summed E-state index contributed by atoms with van der Waals surface area (Å²) in [6.45, 7) is 10.5. The highest BCUT2D eigenvalue weighted by Crippen LogP contribution is 2.19. The highest BCUT2D eigenvalue weighted by molar-refractivity contribution is 7.99. The van der Waals surface area contributed by atoms with Crippen LogP contribution < -0.4 is 10.6 Å². The maximum atomic E-state index is 12.7. The van der Waals surface area contributed by atoms with Gasteiger partial charge in [-0.3, -0.25) is 4.79 Å². The molecule has 0 saturated carbocycles. The van der Waals surface area contributed by atoms with E-state index < -0.39 is 0 Å². The summed E-state index contributed by atoms with van der Waals surface area (Å²) in [6.07, 6.45) is 5.57. The van der Waals surface area contributed by atoms with E-state index in [9.17, 15) is 4.79 Å². The van der Waals surface area contributed by atoms with Crippen molar-refractivity contribution in [1.29, 1.82) is 0 Å². The summed E-state index contributed by atoms with van der Waals surface area (Å²) < 4.78 is 0.150. The zero-order valence-corrected chi connectivity index (χ0v) is 18.0. The van der Waals surface area contributed by atoms with Crippen LogP contribution in [0.4, 0.5) is 0 Å². The maximum Gasteiger partial charge on any atom is 0.253 e. The predicted molar refractivity (Wildman–Crippen MR) is 117 cm³/mol. The summed E-state index contributed by atoms with van der Waals surface area (Å²) >= 11 is 1.83. The molecule has 6 heteroatoms. The van der Waals surface area contributed by atoms with Gasteiger partial charge in [0.1, 0.15) is 0 Å². The van der Waals surface area contributed by atoms with Crippen LogP contribution in [0.25, 0.3) is 0 Å². The lowest BCUT2D eigenvalue weighted by molar-refractivity contribution is 0.0724. The Morgan fingerprint density at radius 2 is 1.96 bits per heavy atom. The first kappa shape index (κ1) is 21.6. The molecule has 1 heterocycles. The highest BCUT2D eigenvalue weighted by atomic mass is 32.2. The van der Waals surface area contributed by atoms with Crippen molar-refractivity contribution in [3.63, 3.8) is 0 Å². The molecule has 2 rings (SSSR count). The summed E-state index contributed by atoms with van der Waals surface area (Å²) in [5, 5.41) is 6.71. The van der Waals surface area contributed by atoms with E-state index in [2.05, 4.69) is 37.7 Å². The van der Waals surface area contributed by atoms with Crippen molar-refractivity contribution in [2.45, 2.75) is 51.3 Å². The van der Waals surface area contributed by atoms with Gasteiger partial charge in [-0.15, -0.1) is 0 Å². The molecule has 0 bridgehead atoms. The first-order chi connectivity index (χ1) is 12.9. The van der Waals surface area contributed by atoms with Crippen LogP contribution >= 0.6 is 11.8 Å². The van der Waals surface area contributed by atoms with Crippen LogP contribution in [0.1, 0.15) is 56.0 Å². The second-order valence-corrected chi connectivity index (χ2v) is 9.08. The van der Waals surface area contributed by atoms with Gasteiger partial charge in [-0.1, -0.05) is 12.1 Å². The predicted octanol–water partition coefficient (Wildman–Crippen LogP) is 3.51. The van der Waals surface area contributed by atoms with Gasteiger partial charge < -0.3 is 15.5 Å². The zero-order valence-electron chi connectivity index (χ0n) is 17.2. The van der Waals surface area contributed by atoms with Crippen molar-refractivity contribution in [2.24, 2.45) is 4.99 Å². The van der Waals surface area contributed by atoms with E-state index in [1.54, 1.807) is 0 Å². The second kappa shape index (κ2) is 10.6. The van der Waals surface area contributed by atoms with Crippen molar-refractivity contribution in [3.8, 4) is 0 Å². The Hall–Kier alpha value is -1.69. The zero-order chi connectivity index (χ0) is 19.7. The number of nitrogens with one attached hydrogen (secondary N) is 2. The molecule has 0 aromatic heterocycles. The summed E-state index contributed by atoms with van der Waals surface area (Å²) in [7, 11) is 0. The van der Waals surface area contributed by atoms with E-state index in [4.69, 9.17) is 4.99 Å². The average Bonchev–Trinajstić information content (AvgIpc) is 2.70. The van der Waals surface area contributed by atoms with Gasteiger partial charge in [0.15, 0.2) is 5.96 Å². The fourth-order valence-electron chi connectivity index (χ4n) is 2.96. The molecule has 0 atom stereocenters. The maximum absolute atomic E-state index is 12.7. The molecule has 0 aliphatic carbocycles. The van der Waals surface area contributed by atoms with E-state index in [-0.39, 0.29) is 10.7 Å². The molecule has 1 aromatic rings. The normalized spacial score (nSPS) is 15.6. The quantitative estimate of drug-likeness (QED) is 0.553. The summed E-state index contributed by atoms with van der Waals surface area (Å²) in [6, 6.07) is 7.88. The average molecular weight is 391 g/mol. The Labute approximate surface area is 168 Å². The summed E-state index contributed by atoms with van der Waals surface area (Å²) in [4.78, 5) is 19.4. The second-order valence-electron chi connectivity index (χ2n) is 7.57. The first-order valence-electron chi connectivity index (χ1n) is 9.91. The van der Waals surface area contributed by atoms with E-state index in [1.165, 1.54) is 6.42 Å². The summed E-state index contributed by atoms with van der Waals surface area (Å²) in [5.74, 6) is 0.958. The van der Waals surface area contributed by atoms with Crippen molar-refractivity contribution in [1.82, 2.24) is 15.5 Å². The first-order valence-corrected chi connectivity index (χ1v) is 11.1. The van der Waals surface area contributed by atoms with Gasteiger partial charge in [0.2, 0.25) is 0 Å². The molecule has 1 amide bonds. The molecule has 5 nitrogen and oxygen atoms in total. The van der Waals surface area contributed by atoms with E-state index >= 15 is 0 Å². The lowest BCUT2D eigenvalue weighted by Crippen LogP contribution is -2.43. The molecule has 1 fully saturated rings. The largest absolute Gasteiger partial charge is 0.357 e. The fraction of sp³-hybridized carbons (Fsp3) is 0.619. The Kier molecular flexibility index (Phi) is 8.48. The standard InChI is InChI=1S/C21H34N4OS/c1-5-22-20(24-16-21(2,3)27-4)23-15-17-10-9-11-18(14-17)19(26)25-12-7-6-8-13-25/h9-11,14H,5-8,12-13,15-16H2,1-4H3,(H2,22,23,24). The minimum Gasteiger partial charge on any atom is -0.357 e. The summed E-state index contributed by atoms with van der Waals surface area (Å²) in [5.41, 5.74) is 1.82. The molecule has 2 N–H and O–H groups in total. The SMILES string of the molecule is CCNC(=NCc1cccc(C(=O)N2CCCCC2)c1)NCC(C)(C)SC. The van der Waals surface area contributed by atoms with Gasteiger partial charge in [-0.2, -0.15) is 11.8 Å². The molecule has 1 aliphatic heterocycles. The van der Waals surface area contributed by atoms with E-state index in [0.29, 0.717) is 6.54 Å². The van der Waals surface area contributed by atoms with Crippen molar-refractivity contribution < 1.29 is 4.79 Å². The smallest absolute Gasteiger partial charge is 0.253 e. The van der Waals surface area contributed by atoms with Gasteiger partial charge in [0.05, 0.1) is 6.54 Å². The number of aliphatic imine (C=N–C) groups is 1. The highest BCUT2D eigenvalue weighted by Gasteiger charge is 2.18. The Morgan fingerprint density at radius 3 is 2.63 bits per heavy atom. The number of piperidine rings is 1. The van der Waals surface area contributed by atoms with Crippen LogP contribution in [0, 0.1) is 0 Å². The number of thioether (sulfide) groups is 1. The number of amides is 1. The minimum atomic E-state index is 0.146. The lowest BCUT2D eigenvalue weighted by Gasteiger charge is -2.26. The van der Waals surface area contributed by atoms with Gasteiger partial charge >= 0.3 is 0 Å². The van der Waals surface area contributed by atoms with Crippen LogP contribution in [0.5, 0.6) is 0 Å². The van der Waals surface area contributed by atoms with Gasteiger partial charge in [0, 0.05) is 36.5 Å². The number of nitrogens with zero attached hydrogens (tertiary/aromatic N) is 2. The van der Waals surface area contributed by atoms with Crippen LogP contribution in [0.3, 0.4) is 0 Å². The molecule has 27 heavy (non-hydrogen) atoms. The van der Waals surface area contributed by atoms with Gasteiger partial charge in [0.25, 0.3) is 5.91 Å². The number of carbonyl (C=O) groups is 1. The van der Waals surface area contributed by atoms with Crippen LogP contribution in [-0.4, -0.2) is 53.9 Å². The minimum absolute atomic E-state index is 0.146. The molecule has 1 saturated heterocycles. The number of guanidine groups is 1. The molecule has 150 valence electrons. The lowest BCUT2D eigenvalue weighted by atomic mass is 10.1. The van der Waals surface area contributed by atoms with E-state index in [1.807, 2.05) is 40.9 Å². The molecule has 0 radical (unpaired) electrons. The Balaban J connectivity index is 2.01. The third-order valence-electron chi connectivity index (χ3n) is 4.82. The molecule has 0 spiro atoms. The third-order valence-corrected chi connectivity index (χ3v) is 6.06. The fourth-order valence-corrected chi connectivity index (χ4v) is 3.18. The molecule has 1 aromatic carbocycles. The Morgan fingerprint density at radius 1 is 1.22 bits per heavy atom.